The Balaban J connectivity index is 1.66. The van der Waals surface area contributed by atoms with Crippen LogP contribution in [0.4, 0.5) is 11.5 Å². The molecular formula is C21H17N7S. The van der Waals surface area contributed by atoms with Gasteiger partial charge in [-0.3, -0.25) is 4.98 Å². The highest BCUT2D eigenvalue weighted by Gasteiger charge is 2.15. The lowest BCUT2D eigenvalue weighted by Gasteiger charge is -2.11. The summed E-state index contributed by atoms with van der Waals surface area (Å²) in [5, 5.41) is 11.1. The molecule has 0 atom stereocenters. The SMILES string of the molecule is Nc1cncc(-c2nc(NCc3nccs3)c3c(-c4ccccc4)ccn3n2)c1. The number of nitrogen functional groups attached to an aromatic ring is 1. The second kappa shape index (κ2) is 7.33. The minimum Gasteiger partial charge on any atom is -0.397 e. The molecule has 1 aromatic carbocycles. The normalized spacial score (nSPS) is 11.0. The highest BCUT2D eigenvalue weighted by Crippen LogP contribution is 2.31. The molecule has 4 heterocycles. The van der Waals surface area contributed by atoms with Crippen LogP contribution >= 0.6 is 11.3 Å². The average molecular weight is 399 g/mol. The Morgan fingerprint density at radius 1 is 1.07 bits per heavy atom. The van der Waals surface area contributed by atoms with Gasteiger partial charge in [-0.05, 0) is 17.7 Å². The van der Waals surface area contributed by atoms with Crippen LogP contribution in [0.5, 0.6) is 0 Å². The molecule has 0 aliphatic carbocycles. The largest absolute Gasteiger partial charge is 0.397 e. The molecule has 0 fully saturated rings. The van der Waals surface area contributed by atoms with Crippen LogP contribution in [0, 0.1) is 0 Å². The first-order valence-electron chi connectivity index (χ1n) is 9.06. The van der Waals surface area contributed by atoms with E-state index in [2.05, 4.69) is 33.5 Å². The summed E-state index contributed by atoms with van der Waals surface area (Å²) in [4.78, 5) is 13.3. The molecule has 0 saturated carbocycles. The van der Waals surface area contributed by atoms with Crippen LogP contribution in [0.1, 0.15) is 5.01 Å². The maximum Gasteiger partial charge on any atom is 0.183 e. The van der Waals surface area contributed by atoms with Crippen molar-refractivity contribution in [2.45, 2.75) is 6.54 Å². The number of anilines is 2. The molecule has 5 rings (SSSR count). The summed E-state index contributed by atoms with van der Waals surface area (Å²) in [7, 11) is 0. The fraction of sp³-hybridized carbons (Fsp3) is 0.0476. The van der Waals surface area contributed by atoms with E-state index in [9.17, 15) is 0 Å². The molecule has 5 aromatic rings. The van der Waals surface area contributed by atoms with E-state index < -0.39 is 0 Å². The summed E-state index contributed by atoms with van der Waals surface area (Å²) in [6.45, 7) is 0.582. The predicted octanol–water partition coefficient (Wildman–Crippen LogP) is 4.11. The maximum absolute atomic E-state index is 5.90. The van der Waals surface area contributed by atoms with Crippen molar-refractivity contribution >= 4 is 28.4 Å². The summed E-state index contributed by atoms with van der Waals surface area (Å²) in [6, 6.07) is 14.1. The molecule has 0 amide bonds. The van der Waals surface area contributed by atoms with Crippen LogP contribution in [-0.4, -0.2) is 24.6 Å². The standard InChI is InChI=1S/C21H17N7S/c22-16-10-15(11-23-12-16)20-26-21(25-13-18-24-7-9-29-18)19-17(6-8-28(19)27-20)14-4-2-1-3-5-14/h1-12H,13,22H2,(H,25,26,27). The Kier molecular flexibility index (Phi) is 4.38. The lowest BCUT2D eigenvalue weighted by Crippen LogP contribution is -2.07. The van der Waals surface area contributed by atoms with E-state index in [-0.39, 0.29) is 0 Å². The molecule has 0 aliphatic heterocycles. The lowest BCUT2D eigenvalue weighted by molar-refractivity contribution is 0.908. The molecule has 0 saturated heterocycles. The molecule has 8 heteroatoms. The third-order valence-corrected chi connectivity index (χ3v) is 5.28. The molecule has 7 nitrogen and oxygen atoms in total. The number of nitrogens with one attached hydrogen (secondary N) is 1. The quantitative estimate of drug-likeness (QED) is 0.462. The third kappa shape index (κ3) is 3.41. The molecule has 4 aromatic heterocycles. The number of nitrogens with two attached hydrogens (primary N) is 1. The van der Waals surface area contributed by atoms with Crippen molar-refractivity contribution in [1.29, 1.82) is 0 Å². The van der Waals surface area contributed by atoms with Gasteiger partial charge in [-0.25, -0.2) is 14.5 Å². The summed E-state index contributed by atoms with van der Waals surface area (Å²) in [5.74, 6) is 1.28. The van der Waals surface area contributed by atoms with Crippen LogP contribution in [0.2, 0.25) is 0 Å². The van der Waals surface area contributed by atoms with E-state index in [1.54, 1.807) is 29.9 Å². The van der Waals surface area contributed by atoms with Crippen LogP contribution < -0.4 is 11.1 Å². The van der Waals surface area contributed by atoms with E-state index in [0.29, 0.717) is 18.1 Å². The number of rotatable bonds is 5. The Morgan fingerprint density at radius 2 is 1.97 bits per heavy atom. The molecule has 0 bridgehead atoms. The first-order chi connectivity index (χ1) is 14.3. The highest BCUT2D eigenvalue weighted by molar-refractivity contribution is 7.09. The molecule has 3 N–H and O–H groups in total. The third-order valence-electron chi connectivity index (χ3n) is 4.50. The van der Waals surface area contributed by atoms with Gasteiger partial charge in [-0.2, -0.15) is 0 Å². The van der Waals surface area contributed by atoms with Crippen LogP contribution in [0.25, 0.3) is 28.0 Å². The van der Waals surface area contributed by atoms with Crippen molar-refractivity contribution in [3.8, 4) is 22.5 Å². The van der Waals surface area contributed by atoms with E-state index in [0.717, 1.165) is 33.0 Å². The van der Waals surface area contributed by atoms with E-state index in [1.807, 2.05) is 40.4 Å². The average Bonchev–Trinajstić information content (AvgIpc) is 3.42. The Labute approximate surface area is 170 Å². The van der Waals surface area contributed by atoms with Gasteiger partial charge in [0, 0.05) is 41.3 Å². The summed E-state index contributed by atoms with van der Waals surface area (Å²) in [5.41, 5.74) is 10.3. The zero-order valence-electron chi connectivity index (χ0n) is 15.4. The van der Waals surface area contributed by atoms with Crippen LogP contribution in [-0.2, 0) is 6.54 Å². The fourth-order valence-corrected chi connectivity index (χ4v) is 3.76. The first-order valence-corrected chi connectivity index (χ1v) is 9.94. The molecule has 0 radical (unpaired) electrons. The van der Waals surface area contributed by atoms with E-state index in [1.165, 1.54) is 0 Å². The summed E-state index contributed by atoms with van der Waals surface area (Å²) >= 11 is 1.60. The molecule has 0 unspecified atom stereocenters. The van der Waals surface area contributed by atoms with Crippen molar-refractivity contribution in [2.75, 3.05) is 11.1 Å². The van der Waals surface area contributed by atoms with Gasteiger partial charge in [-0.1, -0.05) is 30.3 Å². The summed E-state index contributed by atoms with van der Waals surface area (Å²) < 4.78 is 1.85. The van der Waals surface area contributed by atoms with Gasteiger partial charge in [0.1, 0.15) is 10.5 Å². The highest BCUT2D eigenvalue weighted by atomic mass is 32.1. The Bertz CT molecular complexity index is 1260. The summed E-state index contributed by atoms with van der Waals surface area (Å²) in [6.07, 6.45) is 7.06. The monoisotopic (exact) mass is 399 g/mol. The van der Waals surface area contributed by atoms with Gasteiger partial charge in [0.05, 0.1) is 12.2 Å². The first kappa shape index (κ1) is 17.3. The second-order valence-corrected chi connectivity index (χ2v) is 7.44. The molecular weight excluding hydrogens is 382 g/mol. The Morgan fingerprint density at radius 3 is 2.76 bits per heavy atom. The number of fused-ring (bicyclic) bond motifs is 1. The van der Waals surface area contributed by atoms with Gasteiger partial charge in [0.25, 0.3) is 0 Å². The zero-order valence-corrected chi connectivity index (χ0v) is 16.2. The minimum atomic E-state index is 0.550. The van der Waals surface area contributed by atoms with Gasteiger partial charge in [0.2, 0.25) is 0 Å². The number of hydrogen-bond acceptors (Lipinski definition) is 7. The number of nitrogens with zero attached hydrogens (tertiary/aromatic N) is 5. The number of pyridine rings is 1. The van der Waals surface area contributed by atoms with Gasteiger partial charge >= 0.3 is 0 Å². The molecule has 0 aliphatic rings. The van der Waals surface area contributed by atoms with Crippen LogP contribution in [0.15, 0.2) is 72.6 Å². The fourth-order valence-electron chi connectivity index (χ4n) is 3.20. The zero-order chi connectivity index (χ0) is 19.6. The van der Waals surface area contributed by atoms with Crippen LogP contribution in [0.3, 0.4) is 0 Å². The molecule has 142 valence electrons. The van der Waals surface area contributed by atoms with Crippen molar-refractivity contribution < 1.29 is 0 Å². The number of hydrogen-bond donors (Lipinski definition) is 2. The Hall–Kier alpha value is -3.78. The van der Waals surface area contributed by atoms with Crippen molar-refractivity contribution in [3.05, 3.63) is 77.6 Å². The smallest absolute Gasteiger partial charge is 0.183 e. The number of thiazole rings is 1. The number of benzene rings is 1. The topological polar surface area (TPSA) is 94.0 Å². The van der Waals surface area contributed by atoms with Crippen molar-refractivity contribution in [2.24, 2.45) is 0 Å². The maximum atomic E-state index is 5.90. The van der Waals surface area contributed by atoms with E-state index >= 15 is 0 Å². The van der Waals surface area contributed by atoms with Crippen molar-refractivity contribution in [3.63, 3.8) is 0 Å². The predicted molar refractivity (Wildman–Crippen MR) is 116 cm³/mol. The second-order valence-electron chi connectivity index (χ2n) is 6.46. The lowest BCUT2D eigenvalue weighted by atomic mass is 10.1. The van der Waals surface area contributed by atoms with Gasteiger partial charge < -0.3 is 11.1 Å². The number of aromatic nitrogens is 5. The van der Waals surface area contributed by atoms with E-state index in [4.69, 9.17) is 15.8 Å². The minimum absolute atomic E-state index is 0.550. The van der Waals surface area contributed by atoms with Gasteiger partial charge in [-0.15, -0.1) is 16.4 Å². The molecule has 29 heavy (non-hydrogen) atoms. The van der Waals surface area contributed by atoms with Crippen molar-refractivity contribution in [1.82, 2.24) is 24.6 Å². The van der Waals surface area contributed by atoms with Gasteiger partial charge in [0.15, 0.2) is 11.6 Å². The molecule has 0 spiro atoms.